The molecule has 2 aromatic heterocycles. The Balaban J connectivity index is 2.02. The Morgan fingerprint density at radius 1 is 1.53 bits per heavy atom. The Labute approximate surface area is 85.9 Å². The first-order chi connectivity index (χ1) is 7.25. The third-order valence-corrected chi connectivity index (χ3v) is 2.01. The van der Waals surface area contributed by atoms with Crippen molar-refractivity contribution in [2.75, 3.05) is 5.32 Å². The Hall–Kier alpha value is -1.98. The predicted octanol–water partition coefficient (Wildman–Crippen LogP) is 0.961. The number of hydrogen-bond acceptors (Lipinski definition) is 4. The molecule has 0 aromatic carbocycles. The Morgan fingerprint density at radius 3 is 3.07 bits per heavy atom. The number of aromatic nitrogens is 4. The van der Waals surface area contributed by atoms with E-state index in [4.69, 9.17) is 0 Å². The minimum absolute atomic E-state index is 0.497. The molecule has 2 heterocycles. The van der Waals surface area contributed by atoms with Crippen LogP contribution in [-0.4, -0.2) is 20.0 Å². The SMILES string of the molecule is Cn1nncc1CNc1ccnc(F)c1. The zero-order chi connectivity index (χ0) is 10.7. The van der Waals surface area contributed by atoms with Crippen molar-refractivity contribution in [1.82, 2.24) is 20.0 Å². The van der Waals surface area contributed by atoms with Gasteiger partial charge in [-0.05, 0) is 6.07 Å². The smallest absolute Gasteiger partial charge is 0.214 e. The molecule has 15 heavy (non-hydrogen) atoms. The second-order valence-electron chi connectivity index (χ2n) is 3.07. The number of nitrogens with zero attached hydrogens (tertiary/aromatic N) is 4. The van der Waals surface area contributed by atoms with Crippen molar-refractivity contribution in [2.24, 2.45) is 7.05 Å². The van der Waals surface area contributed by atoms with Gasteiger partial charge < -0.3 is 5.32 Å². The van der Waals surface area contributed by atoms with E-state index < -0.39 is 5.95 Å². The van der Waals surface area contributed by atoms with E-state index in [2.05, 4.69) is 20.6 Å². The largest absolute Gasteiger partial charge is 0.379 e. The van der Waals surface area contributed by atoms with Gasteiger partial charge in [-0.15, -0.1) is 5.10 Å². The predicted molar refractivity (Wildman–Crippen MR) is 52.5 cm³/mol. The van der Waals surface area contributed by atoms with Gasteiger partial charge >= 0.3 is 0 Å². The van der Waals surface area contributed by atoms with Crippen LogP contribution in [-0.2, 0) is 13.6 Å². The average Bonchev–Trinajstić information content (AvgIpc) is 2.61. The first-order valence-corrected chi connectivity index (χ1v) is 4.44. The van der Waals surface area contributed by atoms with Gasteiger partial charge in [-0.3, -0.25) is 4.68 Å². The van der Waals surface area contributed by atoms with Crippen LogP contribution in [0.3, 0.4) is 0 Å². The lowest BCUT2D eigenvalue weighted by Gasteiger charge is -2.05. The summed E-state index contributed by atoms with van der Waals surface area (Å²) in [4.78, 5) is 3.47. The highest BCUT2D eigenvalue weighted by atomic mass is 19.1. The summed E-state index contributed by atoms with van der Waals surface area (Å²) in [5.41, 5.74) is 1.61. The van der Waals surface area contributed by atoms with E-state index in [9.17, 15) is 4.39 Å². The van der Waals surface area contributed by atoms with Crippen molar-refractivity contribution in [2.45, 2.75) is 6.54 Å². The summed E-state index contributed by atoms with van der Waals surface area (Å²) in [6, 6.07) is 3.04. The minimum atomic E-state index is -0.497. The van der Waals surface area contributed by atoms with Crippen molar-refractivity contribution < 1.29 is 4.39 Å². The molecular formula is C9H10FN5. The average molecular weight is 207 g/mol. The molecule has 0 aliphatic heterocycles. The monoisotopic (exact) mass is 207 g/mol. The van der Waals surface area contributed by atoms with E-state index >= 15 is 0 Å². The van der Waals surface area contributed by atoms with Gasteiger partial charge in [-0.25, -0.2) is 4.98 Å². The van der Waals surface area contributed by atoms with Crippen LogP contribution in [0.5, 0.6) is 0 Å². The van der Waals surface area contributed by atoms with E-state index in [0.717, 1.165) is 5.69 Å². The van der Waals surface area contributed by atoms with E-state index in [0.29, 0.717) is 12.2 Å². The number of halogens is 1. The molecule has 0 atom stereocenters. The van der Waals surface area contributed by atoms with E-state index in [-0.39, 0.29) is 0 Å². The molecule has 2 rings (SSSR count). The highest BCUT2D eigenvalue weighted by molar-refractivity contribution is 5.41. The van der Waals surface area contributed by atoms with Crippen LogP contribution in [0, 0.1) is 5.95 Å². The molecule has 0 amide bonds. The second kappa shape index (κ2) is 4.04. The van der Waals surface area contributed by atoms with Gasteiger partial charge in [0.25, 0.3) is 0 Å². The maximum Gasteiger partial charge on any atom is 0.214 e. The fourth-order valence-electron chi connectivity index (χ4n) is 1.18. The van der Waals surface area contributed by atoms with Crippen molar-refractivity contribution >= 4 is 5.69 Å². The van der Waals surface area contributed by atoms with Crippen molar-refractivity contribution in [3.63, 3.8) is 0 Å². The molecule has 6 heteroatoms. The number of hydrogen-bond donors (Lipinski definition) is 1. The fourth-order valence-corrected chi connectivity index (χ4v) is 1.18. The third kappa shape index (κ3) is 2.28. The number of pyridine rings is 1. The summed E-state index contributed by atoms with van der Waals surface area (Å²) in [7, 11) is 1.80. The lowest BCUT2D eigenvalue weighted by Crippen LogP contribution is -2.05. The molecule has 0 spiro atoms. The van der Waals surface area contributed by atoms with Gasteiger partial charge in [0.2, 0.25) is 5.95 Å². The van der Waals surface area contributed by atoms with Crippen molar-refractivity contribution in [3.05, 3.63) is 36.2 Å². The Bertz CT molecular complexity index is 453. The summed E-state index contributed by atoms with van der Waals surface area (Å²) in [6.45, 7) is 0.549. The minimum Gasteiger partial charge on any atom is -0.379 e. The number of anilines is 1. The van der Waals surface area contributed by atoms with Gasteiger partial charge in [-0.2, -0.15) is 4.39 Å². The molecule has 0 fully saturated rings. The summed E-state index contributed by atoms with van der Waals surface area (Å²) >= 11 is 0. The zero-order valence-corrected chi connectivity index (χ0v) is 8.18. The molecule has 0 saturated heterocycles. The van der Waals surface area contributed by atoms with Gasteiger partial charge in [0.15, 0.2) is 0 Å². The van der Waals surface area contributed by atoms with Crippen LogP contribution in [0.2, 0.25) is 0 Å². The highest BCUT2D eigenvalue weighted by Gasteiger charge is 2.00. The maximum atomic E-state index is 12.7. The topological polar surface area (TPSA) is 55.6 Å². The Morgan fingerprint density at radius 2 is 2.40 bits per heavy atom. The van der Waals surface area contributed by atoms with Crippen LogP contribution in [0.25, 0.3) is 0 Å². The van der Waals surface area contributed by atoms with Crippen LogP contribution in [0.15, 0.2) is 24.5 Å². The second-order valence-corrected chi connectivity index (χ2v) is 3.07. The van der Waals surface area contributed by atoms with Crippen LogP contribution < -0.4 is 5.32 Å². The molecule has 0 bridgehead atoms. The zero-order valence-electron chi connectivity index (χ0n) is 8.18. The molecule has 5 nitrogen and oxygen atoms in total. The van der Waals surface area contributed by atoms with Crippen molar-refractivity contribution in [1.29, 1.82) is 0 Å². The summed E-state index contributed by atoms with van der Waals surface area (Å²) < 4.78 is 14.4. The number of nitrogens with one attached hydrogen (secondary N) is 1. The summed E-state index contributed by atoms with van der Waals surface area (Å²) in [6.07, 6.45) is 3.07. The van der Waals surface area contributed by atoms with Crippen LogP contribution >= 0.6 is 0 Å². The normalized spacial score (nSPS) is 10.3. The number of rotatable bonds is 3. The molecule has 0 radical (unpaired) electrons. The lowest BCUT2D eigenvalue weighted by molar-refractivity contribution is 0.584. The first-order valence-electron chi connectivity index (χ1n) is 4.44. The van der Waals surface area contributed by atoms with Gasteiger partial charge in [0, 0.05) is 25.0 Å². The molecule has 0 aliphatic carbocycles. The first kappa shape index (κ1) is 9.57. The molecule has 1 N–H and O–H groups in total. The molecule has 0 saturated carbocycles. The van der Waals surface area contributed by atoms with Crippen molar-refractivity contribution in [3.8, 4) is 0 Å². The highest BCUT2D eigenvalue weighted by Crippen LogP contribution is 2.08. The van der Waals surface area contributed by atoms with Crippen LogP contribution in [0.4, 0.5) is 10.1 Å². The van der Waals surface area contributed by atoms with Gasteiger partial charge in [-0.1, -0.05) is 5.21 Å². The number of aryl methyl sites for hydroxylation is 1. The maximum absolute atomic E-state index is 12.7. The van der Waals surface area contributed by atoms with Crippen LogP contribution in [0.1, 0.15) is 5.69 Å². The molecule has 2 aromatic rings. The molecule has 0 unspecified atom stereocenters. The fraction of sp³-hybridized carbons (Fsp3) is 0.222. The quantitative estimate of drug-likeness (QED) is 0.762. The summed E-state index contributed by atoms with van der Waals surface area (Å²) in [5, 5.41) is 10.6. The third-order valence-electron chi connectivity index (χ3n) is 2.01. The van der Waals surface area contributed by atoms with Gasteiger partial charge in [0.1, 0.15) is 0 Å². The van der Waals surface area contributed by atoms with E-state index in [1.807, 2.05) is 0 Å². The van der Waals surface area contributed by atoms with E-state index in [1.165, 1.54) is 12.3 Å². The Kier molecular flexibility index (Phi) is 2.57. The molecule has 78 valence electrons. The summed E-state index contributed by atoms with van der Waals surface area (Å²) in [5.74, 6) is -0.497. The molecule has 0 aliphatic rings. The lowest BCUT2D eigenvalue weighted by atomic mass is 10.4. The molecular weight excluding hydrogens is 197 g/mol. The van der Waals surface area contributed by atoms with E-state index in [1.54, 1.807) is 24.0 Å². The van der Waals surface area contributed by atoms with Gasteiger partial charge in [0.05, 0.1) is 18.4 Å². The standard InChI is InChI=1S/C9H10FN5/c1-15-8(6-13-14-15)5-12-7-2-3-11-9(10)4-7/h2-4,6H,5H2,1H3,(H,11,12).